The highest BCUT2D eigenvalue weighted by Crippen LogP contribution is 2.15. The van der Waals surface area contributed by atoms with Crippen LogP contribution in [0.3, 0.4) is 0 Å². The number of carbonyl (C=O) groups is 2. The standard InChI is InChI=1S/C31H35F2NO7/c1-2-39-29(30(35)36)20-23-8-14-28(15-9-23)40-19-17-34(31(37)41-22-25-6-12-27(33)13-7-25)16-3-18-38-21-24-4-10-26(32)11-5-24/h4-15,29H,2-3,16-22H2,1H3,(H,35,36). The van der Waals surface area contributed by atoms with Gasteiger partial charge in [0.1, 0.15) is 30.6 Å². The Morgan fingerprint density at radius 3 is 1.98 bits per heavy atom. The van der Waals surface area contributed by atoms with E-state index in [0.29, 0.717) is 44.1 Å². The molecule has 1 amide bonds. The highest BCUT2D eigenvalue weighted by Gasteiger charge is 2.18. The molecular formula is C31H35F2NO7. The molecule has 0 aromatic heterocycles. The molecule has 3 aromatic carbocycles. The Bertz CT molecular complexity index is 1200. The smallest absolute Gasteiger partial charge is 0.410 e. The molecule has 0 heterocycles. The Balaban J connectivity index is 1.49. The van der Waals surface area contributed by atoms with E-state index in [1.165, 1.54) is 29.2 Å². The summed E-state index contributed by atoms with van der Waals surface area (Å²) in [5.41, 5.74) is 2.30. The van der Waals surface area contributed by atoms with E-state index in [-0.39, 0.29) is 37.8 Å². The number of rotatable bonds is 17. The van der Waals surface area contributed by atoms with E-state index in [9.17, 15) is 23.5 Å². The fourth-order valence-electron chi connectivity index (χ4n) is 3.87. The maximum absolute atomic E-state index is 13.2. The highest BCUT2D eigenvalue weighted by atomic mass is 19.1. The van der Waals surface area contributed by atoms with Gasteiger partial charge < -0.3 is 29.0 Å². The summed E-state index contributed by atoms with van der Waals surface area (Å²) in [6, 6.07) is 18.8. The van der Waals surface area contributed by atoms with Crippen molar-refractivity contribution in [2.45, 2.75) is 39.1 Å². The van der Waals surface area contributed by atoms with Crippen LogP contribution in [0, 0.1) is 11.6 Å². The van der Waals surface area contributed by atoms with Gasteiger partial charge in [-0.05, 0) is 66.4 Å². The van der Waals surface area contributed by atoms with Crippen molar-refractivity contribution in [1.82, 2.24) is 4.90 Å². The van der Waals surface area contributed by atoms with Crippen LogP contribution in [0.5, 0.6) is 5.75 Å². The molecule has 10 heteroatoms. The minimum atomic E-state index is -1.01. The van der Waals surface area contributed by atoms with Gasteiger partial charge in [-0.25, -0.2) is 18.4 Å². The summed E-state index contributed by atoms with van der Waals surface area (Å²) in [5, 5.41) is 9.27. The summed E-state index contributed by atoms with van der Waals surface area (Å²) in [7, 11) is 0. The van der Waals surface area contributed by atoms with Crippen molar-refractivity contribution in [3.63, 3.8) is 0 Å². The zero-order valence-corrected chi connectivity index (χ0v) is 23.0. The van der Waals surface area contributed by atoms with Gasteiger partial charge >= 0.3 is 12.1 Å². The first-order chi connectivity index (χ1) is 19.8. The van der Waals surface area contributed by atoms with Gasteiger partial charge in [-0.3, -0.25) is 0 Å². The van der Waals surface area contributed by atoms with Gasteiger partial charge in [-0.2, -0.15) is 0 Å². The van der Waals surface area contributed by atoms with Crippen molar-refractivity contribution in [1.29, 1.82) is 0 Å². The van der Waals surface area contributed by atoms with Crippen LogP contribution in [0.4, 0.5) is 13.6 Å². The average Bonchev–Trinajstić information content (AvgIpc) is 2.97. The van der Waals surface area contributed by atoms with Crippen LogP contribution in [-0.4, -0.2) is 61.1 Å². The molecule has 0 aliphatic rings. The number of benzene rings is 3. The lowest BCUT2D eigenvalue weighted by Gasteiger charge is -2.22. The molecule has 0 saturated carbocycles. The predicted molar refractivity (Wildman–Crippen MR) is 148 cm³/mol. The van der Waals surface area contributed by atoms with Crippen molar-refractivity contribution in [3.05, 3.63) is 101 Å². The van der Waals surface area contributed by atoms with Crippen molar-refractivity contribution in [2.24, 2.45) is 0 Å². The Kier molecular flexibility index (Phi) is 13.0. The number of aliphatic carboxylic acids is 1. The second kappa shape index (κ2) is 16.9. The Morgan fingerprint density at radius 2 is 1.39 bits per heavy atom. The summed E-state index contributed by atoms with van der Waals surface area (Å²) in [5.74, 6) is -1.13. The molecule has 0 fully saturated rings. The van der Waals surface area contributed by atoms with E-state index < -0.39 is 18.2 Å². The zero-order valence-electron chi connectivity index (χ0n) is 23.0. The first kappa shape index (κ1) is 31.5. The molecule has 1 atom stereocenters. The number of carbonyl (C=O) groups excluding carboxylic acids is 1. The maximum atomic E-state index is 13.2. The second-order valence-corrected chi connectivity index (χ2v) is 9.18. The molecule has 0 aliphatic heterocycles. The minimum absolute atomic E-state index is 0.00190. The summed E-state index contributed by atoms with van der Waals surface area (Å²) in [6.45, 7) is 3.54. The molecule has 0 aliphatic carbocycles. The lowest BCUT2D eigenvalue weighted by atomic mass is 10.1. The molecule has 220 valence electrons. The number of carboxylic acids is 1. The number of hydrogen-bond acceptors (Lipinski definition) is 6. The third kappa shape index (κ3) is 11.5. The monoisotopic (exact) mass is 571 g/mol. The maximum Gasteiger partial charge on any atom is 0.410 e. The van der Waals surface area contributed by atoms with Crippen molar-refractivity contribution >= 4 is 12.1 Å². The lowest BCUT2D eigenvalue weighted by Crippen LogP contribution is -2.36. The normalized spacial score (nSPS) is 11.6. The molecule has 0 spiro atoms. The highest BCUT2D eigenvalue weighted by molar-refractivity contribution is 5.72. The van der Waals surface area contributed by atoms with Gasteiger partial charge in [0.05, 0.1) is 13.2 Å². The fraction of sp³-hybridized carbons (Fsp3) is 0.355. The molecule has 0 bridgehead atoms. The average molecular weight is 572 g/mol. The molecule has 41 heavy (non-hydrogen) atoms. The number of hydrogen-bond donors (Lipinski definition) is 1. The molecule has 3 aromatic rings. The van der Waals surface area contributed by atoms with Crippen LogP contribution < -0.4 is 4.74 Å². The molecule has 1 unspecified atom stereocenters. The van der Waals surface area contributed by atoms with E-state index in [4.69, 9.17) is 18.9 Å². The second-order valence-electron chi connectivity index (χ2n) is 9.18. The van der Waals surface area contributed by atoms with Gasteiger partial charge in [0.15, 0.2) is 6.10 Å². The van der Waals surface area contributed by atoms with Crippen molar-refractivity contribution < 1.29 is 42.4 Å². The quantitative estimate of drug-likeness (QED) is 0.210. The first-order valence-corrected chi connectivity index (χ1v) is 13.4. The minimum Gasteiger partial charge on any atom is -0.492 e. The number of halogens is 2. The zero-order chi connectivity index (χ0) is 29.5. The largest absolute Gasteiger partial charge is 0.492 e. The summed E-state index contributed by atoms with van der Waals surface area (Å²) in [6.07, 6.45) is -0.685. The van der Waals surface area contributed by atoms with Gasteiger partial charge in [-0.1, -0.05) is 36.4 Å². The Labute approximate surface area is 238 Å². The van der Waals surface area contributed by atoms with Gasteiger partial charge in [0.2, 0.25) is 0 Å². The molecular weight excluding hydrogens is 536 g/mol. The fourth-order valence-corrected chi connectivity index (χ4v) is 3.87. The van der Waals surface area contributed by atoms with Crippen LogP contribution in [0.2, 0.25) is 0 Å². The van der Waals surface area contributed by atoms with Crippen LogP contribution in [0.15, 0.2) is 72.8 Å². The van der Waals surface area contributed by atoms with Gasteiger partial charge in [0, 0.05) is 26.2 Å². The summed E-state index contributed by atoms with van der Waals surface area (Å²) in [4.78, 5) is 25.7. The molecule has 1 N–H and O–H groups in total. The van der Waals surface area contributed by atoms with Gasteiger partial charge in [-0.15, -0.1) is 0 Å². The molecule has 0 radical (unpaired) electrons. The Morgan fingerprint density at radius 1 is 0.805 bits per heavy atom. The topological polar surface area (TPSA) is 94.5 Å². The predicted octanol–water partition coefficient (Wildman–Crippen LogP) is 5.62. The van der Waals surface area contributed by atoms with Crippen molar-refractivity contribution in [2.75, 3.05) is 32.9 Å². The number of amides is 1. The number of carboxylic acid groups (broad SMARTS) is 1. The third-order valence-electron chi connectivity index (χ3n) is 6.05. The van der Waals surface area contributed by atoms with Crippen molar-refractivity contribution in [3.8, 4) is 5.75 Å². The molecule has 8 nitrogen and oxygen atoms in total. The van der Waals surface area contributed by atoms with E-state index >= 15 is 0 Å². The van der Waals surface area contributed by atoms with Crippen LogP contribution in [0.25, 0.3) is 0 Å². The molecule has 0 saturated heterocycles. The number of ether oxygens (including phenoxy) is 4. The summed E-state index contributed by atoms with van der Waals surface area (Å²) >= 11 is 0. The van der Waals surface area contributed by atoms with Gasteiger partial charge in [0.25, 0.3) is 0 Å². The SMILES string of the molecule is CCOC(Cc1ccc(OCCN(CCCOCc2ccc(F)cc2)C(=O)OCc2ccc(F)cc2)cc1)C(=O)O. The first-order valence-electron chi connectivity index (χ1n) is 13.4. The van der Waals surface area contributed by atoms with Crippen LogP contribution in [-0.2, 0) is 38.6 Å². The van der Waals surface area contributed by atoms with E-state index in [1.54, 1.807) is 55.5 Å². The van der Waals surface area contributed by atoms with E-state index in [2.05, 4.69) is 0 Å². The summed E-state index contributed by atoms with van der Waals surface area (Å²) < 4.78 is 48.4. The van der Waals surface area contributed by atoms with E-state index in [1.807, 2.05) is 0 Å². The number of nitrogens with zero attached hydrogens (tertiary/aromatic N) is 1. The van der Waals surface area contributed by atoms with Crippen LogP contribution >= 0.6 is 0 Å². The van der Waals surface area contributed by atoms with E-state index in [0.717, 1.165) is 11.1 Å². The third-order valence-corrected chi connectivity index (χ3v) is 6.05. The Hall–Kier alpha value is -4.02. The lowest BCUT2D eigenvalue weighted by molar-refractivity contribution is -0.149. The molecule has 3 rings (SSSR count). The van der Waals surface area contributed by atoms with Crippen LogP contribution in [0.1, 0.15) is 30.0 Å².